The van der Waals surface area contributed by atoms with Crippen molar-refractivity contribution in [3.8, 4) is 12.1 Å². The van der Waals surface area contributed by atoms with Gasteiger partial charge in [0.05, 0.1) is 0 Å². The molecule has 0 heterocycles. The summed E-state index contributed by atoms with van der Waals surface area (Å²) in [6.45, 7) is 0. The maximum Gasteiger partial charge on any atom is 0.148 e. The molecular formula is C24H32N4. The monoisotopic (exact) mass is 376 g/mol. The highest BCUT2D eigenvalue weighted by atomic mass is 15.1. The van der Waals surface area contributed by atoms with Gasteiger partial charge >= 0.3 is 0 Å². The zero-order valence-electron chi connectivity index (χ0n) is 16.8. The van der Waals surface area contributed by atoms with Crippen LogP contribution in [0, 0.1) is 58.2 Å². The van der Waals surface area contributed by atoms with E-state index in [0.29, 0.717) is 11.4 Å². The average molecular weight is 377 g/mol. The van der Waals surface area contributed by atoms with Crippen LogP contribution in [-0.2, 0) is 0 Å². The van der Waals surface area contributed by atoms with E-state index in [-0.39, 0.29) is 11.1 Å². The smallest absolute Gasteiger partial charge is 0.148 e. The zero-order valence-corrected chi connectivity index (χ0v) is 16.8. The van der Waals surface area contributed by atoms with Gasteiger partial charge in [-0.25, -0.2) is 0 Å². The normalized spacial score (nSPS) is 50.6. The van der Waals surface area contributed by atoms with Crippen LogP contribution in [0.4, 0.5) is 0 Å². The molecule has 0 aromatic heterocycles. The third kappa shape index (κ3) is 2.67. The van der Waals surface area contributed by atoms with Gasteiger partial charge in [0.2, 0.25) is 0 Å². The van der Waals surface area contributed by atoms with Gasteiger partial charge < -0.3 is 10.6 Å². The van der Waals surface area contributed by atoms with E-state index in [4.69, 9.17) is 0 Å². The summed E-state index contributed by atoms with van der Waals surface area (Å²) in [5.74, 6) is 5.00. The van der Waals surface area contributed by atoms with Gasteiger partial charge in [0.1, 0.15) is 23.5 Å². The van der Waals surface area contributed by atoms with Crippen LogP contribution < -0.4 is 10.6 Å². The highest BCUT2D eigenvalue weighted by Gasteiger charge is 2.53. The number of hydrogen-bond acceptors (Lipinski definition) is 4. The Morgan fingerprint density at radius 2 is 0.786 bits per heavy atom. The van der Waals surface area contributed by atoms with E-state index in [1.807, 2.05) is 0 Å². The van der Waals surface area contributed by atoms with Crippen LogP contribution in [0.2, 0.25) is 0 Å². The minimum Gasteiger partial charge on any atom is -0.369 e. The Bertz CT molecular complexity index is 658. The van der Waals surface area contributed by atoms with Crippen LogP contribution in [0.15, 0.2) is 11.4 Å². The first-order chi connectivity index (χ1) is 13.6. The van der Waals surface area contributed by atoms with Gasteiger partial charge in [-0.2, -0.15) is 10.5 Å². The second-order valence-corrected chi connectivity index (χ2v) is 11.6. The van der Waals surface area contributed by atoms with Gasteiger partial charge in [0.15, 0.2) is 0 Å². The molecule has 0 aromatic carbocycles. The molecule has 28 heavy (non-hydrogen) atoms. The van der Waals surface area contributed by atoms with Crippen molar-refractivity contribution in [2.24, 2.45) is 35.5 Å². The lowest BCUT2D eigenvalue weighted by atomic mass is 9.52. The summed E-state index contributed by atoms with van der Waals surface area (Å²) in [6, 6.07) is 4.79. The molecule has 0 amide bonds. The van der Waals surface area contributed by atoms with E-state index < -0.39 is 0 Å². The first-order valence-electron chi connectivity index (χ1n) is 11.7. The van der Waals surface area contributed by atoms with Gasteiger partial charge in [-0.15, -0.1) is 0 Å². The quantitative estimate of drug-likeness (QED) is 0.715. The first-order valence-corrected chi connectivity index (χ1v) is 11.7. The summed E-state index contributed by atoms with van der Waals surface area (Å²) in [5, 5.41) is 27.3. The van der Waals surface area contributed by atoms with E-state index in [9.17, 15) is 10.5 Å². The third-order valence-electron chi connectivity index (χ3n) is 9.33. The van der Waals surface area contributed by atoms with Crippen molar-refractivity contribution in [2.75, 3.05) is 0 Å². The fourth-order valence-corrected chi connectivity index (χ4v) is 9.35. The van der Waals surface area contributed by atoms with Crippen molar-refractivity contribution < 1.29 is 0 Å². The molecule has 0 aliphatic heterocycles. The summed E-state index contributed by atoms with van der Waals surface area (Å²) >= 11 is 0. The number of allylic oxidation sites excluding steroid dienone is 2. The van der Waals surface area contributed by atoms with Crippen molar-refractivity contribution in [2.45, 2.75) is 88.1 Å². The van der Waals surface area contributed by atoms with Crippen LogP contribution in [-0.4, -0.2) is 11.1 Å². The molecule has 8 aliphatic carbocycles. The molecule has 2 N–H and O–H groups in total. The van der Waals surface area contributed by atoms with Crippen molar-refractivity contribution in [1.82, 2.24) is 10.6 Å². The molecule has 4 heteroatoms. The van der Waals surface area contributed by atoms with Gasteiger partial charge in [0, 0.05) is 11.1 Å². The Morgan fingerprint density at radius 1 is 0.536 bits per heavy atom. The van der Waals surface area contributed by atoms with E-state index in [1.165, 1.54) is 77.0 Å². The zero-order chi connectivity index (χ0) is 18.9. The van der Waals surface area contributed by atoms with Crippen LogP contribution in [0.25, 0.3) is 0 Å². The van der Waals surface area contributed by atoms with Gasteiger partial charge in [-0.1, -0.05) is 0 Å². The fraction of sp³-hybridized carbons (Fsp3) is 0.833. The lowest BCUT2D eigenvalue weighted by Crippen LogP contribution is -2.60. The maximum atomic E-state index is 9.98. The van der Waals surface area contributed by atoms with Crippen LogP contribution in [0.3, 0.4) is 0 Å². The molecule has 0 aromatic rings. The van der Waals surface area contributed by atoms with Gasteiger partial charge in [-0.05, 0) is 113 Å². The number of nitrogens with one attached hydrogen (secondary N) is 2. The number of nitrogens with zero attached hydrogens (tertiary/aromatic N) is 2. The molecule has 8 saturated carbocycles. The standard InChI is InChI=1S/C24H32N4/c25-13-21(27-23-7-15-1-16(8-23)3-17(2-15)9-23)22(14-26)28-24-10-18-4-19(11-24)6-20(5-18)12-24/h15-20,27-28H,1-12H2/b22-21-. The minimum atomic E-state index is 0.0745. The Balaban J connectivity index is 1.27. The second kappa shape index (κ2) is 5.91. The molecule has 0 saturated heterocycles. The predicted molar refractivity (Wildman–Crippen MR) is 106 cm³/mol. The molecule has 8 bridgehead atoms. The van der Waals surface area contributed by atoms with Gasteiger partial charge in [0.25, 0.3) is 0 Å². The van der Waals surface area contributed by atoms with Crippen molar-refractivity contribution in [3.05, 3.63) is 11.4 Å². The summed E-state index contributed by atoms with van der Waals surface area (Å²) in [6.07, 6.45) is 15.5. The molecule has 8 rings (SSSR count). The van der Waals surface area contributed by atoms with E-state index in [2.05, 4.69) is 22.8 Å². The van der Waals surface area contributed by atoms with E-state index >= 15 is 0 Å². The van der Waals surface area contributed by atoms with Crippen molar-refractivity contribution >= 4 is 0 Å². The molecule has 0 radical (unpaired) electrons. The lowest BCUT2D eigenvalue weighted by Gasteiger charge is -2.58. The second-order valence-electron chi connectivity index (χ2n) is 11.6. The number of rotatable bonds is 4. The molecule has 4 nitrogen and oxygen atoms in total. The number of hydrogen-bond donors (Lipinski definition) is 2. The largest absolute Gasteiger partial charge is 0.369 e. The Kier molecular flexibility index (Phi) is 3.63. The Hall–Kier alpha value is -1.68. The Morgan fingerprint density at radius 3 is 1.00 bits per heavy atom. The number of nitriles is 2. The van der Waals surface area contributed by atoms with Crippen LogP contribution >= 0.6 is 0 Å². The first kappa shape index (κ1) is 17.2. The SMILES string of the molecule is N#C/C(NC12CC3CC(CC(C3)C1)C2)=C(\C#N)NC12CC3CC(CC(C3)C1)C2. The maximum absolute atomic E-state index is 9.98. The topological polar surface area (TPSA) is 71.6 Å². The van der Waals surface area contributed by atoms with E-state index in [0.717, 1.165) is 35.5 Å². The van der Waals surface area contributed by atoms with Crippen molar-refractivity contribution in [1.29, 1.82) is 10.5 Å². The molecule has 148 valence electrons. The third-order valence-corrected chi connectivity index (χ3v) is 9.33. The summed E-state index contributed by atoms with van der Waals surface area (Å²) in [5.41, 5.74) is 1.20. The van der Waals surface area contributed by atoms with Crippen LogP contribution in [0.5, 0.6) is 0 Å². The molecule has 8 fully saturated rings. The van der Waals surface area contributed by atoms with Gasteiger partial charge in [-0.3, -0.25) is 0 Å². The Labute approximate surface area is 168 Å². The van der Waals surface area contributed by atoms with Crippen molar-refractivity contribution in [3.63, 3.8) is 0 Å². The minimum absolute atomic E-state index is 0.0745. The highest BCUT2D eigenvalue weighted by Crippen LogP contribution is 2.57. The molecule has 0 unspecified atom stereocenters. The molecular weight excluding hydrogens is 344 g/mol. The summed E-state index contributed by atoms with van der Waals surface area (Å²) in [4.78, 5) is 0. The average Bonchev–Trinajstić information content (AvgIpc) is 2.62. The van der Waals surface area contributed by atoms with E-state index in [1.54, 1.807) is 0 Å². The van der Waals surface area contributed by atoms with Crippen LogP contribution in [0.1, 0.15) is 77.0 Å². The fourth-order valence-electron chi connectivity index (χ4n) is 9.35. The predicted octanol–water partition coefficient (Wildman–Crippen LogP) is 4.36. The lowest BCUT2D eigenvalue weighted by molar-refractivity contribution is -0.0174. The summed E-state index contributed by atoms with van der Waals surface area (Å²) < 4.78 is 0. The molecule has 0 atom stereocenters. The summed E-state index contributed by atoms with van der Waals surface area (Å²) in [7, 11) is 0. The highest BCUT2D eigenvalue weighted by molar-refractivity contribution is 5.37. The molecule has 0 spiro atoms. The molecule has 8 aliphatic rings.